The Labute approximate surface area is 239 Å². The van der Waals surface area contributed by atoms with E-state index in [2.05, 4.69) is 15.2 Å². The Bertz CT molecular complexity index is 1540. The molecule has 1 aromatic heterocycles. The minimum Gasteiger partial charge on any atom is -0.494 e. The normalized spacial score (nSPS) is 14.2. The number of hydrogen-bond acceptors (Lipinski definition) is 7. The van der Waals surface area contributed by atoms with Crippen LogP contribution in [0.15, 0.2) is 77.8 Å². The summed E-state index contributed by atoms with van der Waals surface area (Å²) in [4.78, 5) is 37.0. The number of carbonyl (C=O) groups is 2. The van der Waals surface area contributed by atoms with Gasteiger partial charge in [-0.1, -0.05) is 36.4 Å². The molecule has 0 saturated carbocycles. The van der Waals surface area contributed by atoms with E-state index in [-0.39, 0.29) is 18.4 Å². The molecule has 5 rings (SSSR count). The van der Waals surface area contributed by atoms with Gasteiger partial charge in [0, 0.05) is 68.3 Å². The van der Waals surface area contributed by atoms with Crippen LogP contribution >= 0.6 is 0 Å². The lowest BCUT2D eigenvalue weighted by atomic mass is 10.00. The number of aromatic hydroxyl groups is 1. The van der Waals surface area contributed by atoms with Crippen LogP contribution in [0.25, 0.3) is 10.9 Å². The third-order valence-electron chi connectivity index (χ3n) is 7.28. The van der Waals surface area contributed by atoms with Gasteiger partial charge in [0.15, 0.2) is 5.88 Å². The highest BCUT2D eigenvalue weighted by Crippen LogP contribution is 2.32. The lowest BCUT2D eigenvalue weighted by Crippen LogP contribution is -2.44. The number of piperazine rings is 1. The van der Waals surface area contributed by atoms with Crippen molar-refractivity contribution >= 4 is 39.9 Å². The molecule has 3 N–H and O–H groups in total. The summed E-state index contributed by atoms with van der Waals surface area (Å²) in [5.41, 5.74) is 4.39. The number of rotatable bonds is 9. The van der Waals surface area contributed by atoms with Gasteiger partial charge in [0.05, 0.1) is 29.1 Å². The SMILES string of the molecule is CCOC(=O)c1ccc2c(C(=Nc3ccc(N(C)C(=O)CCN4CCNCC4)cc3)c3ccccc3)c(O)[nH]c2c1. The maximum absolute atomic E-state index is 12.8. The summed E-state index contributed by atoms with van der Waals surface area (Å²) in [6, 6.07) is 22.3. The highest BCUT2D eigenvalue weighted by atomic mass is 16.5. The Hall–Kier alpha value is -4.47. The van der Waals surface area contributed by atoms with Crippen LogP contribution in [0.1, 0.15) is 34.8 Å². The minimum atomic E-state index is -0.422. The fourth-order valence-corrected chi connectivity index (χ4v) is 5.01. The number of hydrogen-bond donors (Lipinski definition) is 3. The third-order valence-corrected chi connectivity index (χ3v) is 7.28. The Morgan fingerprint density at radius 2 is 1.73 bits per heavy atom. The van der Waals surface area contributed by atoms with E-state index >= 15 is 0 Å². The van der Waals surface area contributed by atoms with Gasteiger partial charge in [-0.05, 0) is 43.3 Å². The number of nitrogens with one attached hydrogen (secondary N) is 2. The molecule has 1 aliphatic rings. The lowest BCUT2D eigenvalue weighted by Gasteiger charge is -2.27. The van der Waals surface area contributed by atoms with Crippen LogP contribution in [-0.4, -0.2) is 79.0 Å². The molecular formula is C32H35N5O4. The summed E-state index contributed by atoms with van der Waals surface area (Å²) in [5, 5.41) is 15.1. The van der Waals surface area contributed by atoms with E-state index in [0.717, 1.165) is 49.4 Å². The van der Waals surface area contributed by atoms with Crippen LogP contribution in [0.3, 0.4) is 0 Å². The smallest absolute Gasteiger partial charge is 0.338 e. The average Bonchev–Trinajstić information content (AvgIpc) is 3.34. The summed E-state index contributed by atoms with van der Waals surface area (Å²) >= 11 is 0. The molecule has 0 bridgehead atoms. The Morgan fingerprint density at radius 1 is 1.00 bits per heavy atom. The fourth-order valence-electron chi connectivity index (χ4n) is 5.01. The molecule has 0 spiro atoms. The topological polar surface area (TPSA) is 110 Å². The zero-order valence-corrected chi connectivity index (χ0v) is 23.4. The van der Waals surface area contributed by atoms with Gasteiger partial charge in [0.25, 0.3) is 0 Å². The Morgan fingerprint density at radius 3 is 2.44 bits per heavy atom. The van der Waals surface area contributed by atoms with Gasteiger partial charge in [-0.15, -0.1) is 0 Å². The molecule has 9 nitrogen and oxygen atoms in total. The molecule has 0 atom stereocenters. The summed E-state index contributed by atoms with van der Waals surface area (Å²) in [5.74, 6) is -0.403. The molecule has 0 aliphatic carbocycles. The first kappa shape index (κ1) is 28.1. The molecule has 9 heteroatoms. The highest BCUT2D eigenvalue weighted by molar-refractivity contribution is 6.22. The van der Waals surface area contributed by atoms with Crippen LogP contribution < -0.4 is 10.2 Å². The van der Waals surface area contributed by atoms with E-state index in [1.165, 1.54) is 0 Å². The summed E-state index contributed by atoms with van der Waals surface area (Å²) in [6.07, 6.45) is 0.465. The van der Waals surface area contributed by atoms with E-state index in [1.54, 1.807) is 37.1 Å². The van der Waals surface area contributed by atoms with Crippen molar-refractivity contribution in [3.63, 3.8) is 0 Å². The van der Waals surface area contributed by atoms with E-state index in [1.807, 2.05) is 54.6 Å². The number of esters is 1. The van der Waals surface area contributed by atoms with Crippen LogP contribution in [-0.2, 0) is 9.53 Å². The first-order valence-electron chi connectivity index (χ1n) is 13.9. The zero-order valence-electron chi connectivity index (χ0n) is 23.4. The predicted octanol–water partition coefficient (Wildman–Crippen LogP) is 4.48. The van der Waals surface area contributed by atoms with Gasteiger partial charge < -0.3 is 29.9 Å². The molecule has 1 aliphatic heterocycles. The molecule has 0 unspecified atom stereocenters. The molecule has 1 saturated heterocycles. The summed E-state index contributed by atoms with van der Waals surface area (Å²) < 4.78 is 5.12. The number of nitrogens with zero attached hydrogens (tertiary/aromatic N) is 3. The molecule has 3 aromatic carbocycles. The minimum absolute atomic E-state index is 0.0463. The molecule has 2 heterocycles. The number of aromatic nitrogens is 1. The van der Waals surface area contributed by atoms with Crippen LogP contribution in [0.5, 0.6) is 5.88 Å². The number of anilines is 1. The first-order chi connectivity index (χ1) is 19.9. The number of carbonyl (C=O) groups excluding carboxylic acids is 2. The lowest BCUT2D eigenvalue weighted by molar-refractivity contribution is -0.118. The van der Waals surface area contributed by atoms with Crippen LogP contribution in [0, 0.1) is 0 Å². The van der Waals surface area contributed by atoms with Crippen molar-refractivity contribution in [2.24, 2.45) is 4.99 Å². The second-order valence-corrected chi connectivity index (χ2v) is 9.97. The van der Waals surface area contributed by atoms with Crippen molar-refractivity contribution in [2.45, 2.75) is 13.3 Å². The van der Waals surface area contributed by atoms with Crippen molar-refractivity contribution in [2.75, 3.05) is 51.3 Å². The van der Waals surface area contributed by atoms with Crippen LogP contribution in [0.2, 0.25) is 0 Å². The quantitative estimate of drug-likeness (QED) is 0.208. The van der Waals surface area contributed by atoms with Gasteiger partial charge in [-0.25, -0.2) is 9.79 Å². The standard InChI is InChI=1S/C32H35N5O4/c1-3-41-32(40)23-9-14-26-27(21-23)35-31(39)29(26)30(22-7-5-4-6-8-22)34-24-10-12-25(13-11-24)36(2)28(38)15-18-37-19-16-33-17-20-37/h4-14,21,33,35,39H,3,15-20H2,1-2H3. The fraction of sp³-hybridized carbons (Fsp3) is 0.281. The van der Waals surface area contributed by atoms with Crippen molar-refractivity contribution < 1.29 is 19.4 Å². The Kier molecular flexibility index (Phi) is 8.76. The number of aliphatic imine (C=N–C) groups is 1. The molecule has 0 radical (unpaired) electrons. The van der Waals surface area contributed by atoms with Crippen molar-refractivity contribution in [1.82, 2.24) is 15.2 Å². The number of aromatic amines is 1. The van der Waals surface area contributed by atoms with E-state index in [9.17, 15) is 14.7 Å². The first-order valence-corrected chi connectivity index (χ1v) is 13.9. The molecule has 1 fully saturated rings. The van der Waals surface area contributed by atoms with E-state index < -0.39 is 5.97 Å². The zero-order chi connectivity index (χ0) is 28.8. The van der Waals surface area contributed by atoms with Crippen molar-refractivity contribution in [3.8, 4) is 5.88 Å². The maximum Gasteiger partial charge on any atom is 0.338 e. The second kappa shape index (κ2) is 12.8. The van der Waals surface area contributed by atoms with Gasteiger partial charge >= 0.3 is 5.97 Å². The van der Waals surface area contributed by atoms with Gasteiger partial charge in [-0.3, -0.25) is 4.79 Å². The number of fused-ring (bicyclic) bond motifs is 1. The number of ether oxygens (including phenoxy) is 1. The predicted molar refractivity (Wildman–Crippen MR) is 161 cm³/mol. The second-order valence-electron chi connectivity index (χ2n) is 9.97. The van der Waals surface area contributed by atoms with Gasteiger partial charge in [0.2, 0.25) is 5.91 Å². The number of H-pyrrole nitrogens is 1. The van der Waals surface area contributed by atoms with Crippen molar-refractivity contribution in [3.05, 3.63) is 89.5 Å². The third kappa shape index (κ3) is 6.48. The Balaban J connectivity index is 1.42. The van der Waals surface area contributed by atoms with Gasteiger partial charge in [-0.2, -0.15) is 0 Å². The maximum atomic E-state index is 12.8. The van der Waals surface area contributed by atoms with E-state index in [0.29, 0.717) is 34.5 Å². The highest BCUT2D eigenvalue weighted by Gasteiger charge is 2.20. The largest absolute Gasteiger partial charge is 0.494 e. The average molecular weight is 554 g/mol. The molecule has 212 valence electrons. The molecule has 1 amide bonds. The molecule has 41 heavy (non-hydrogen) atoms. The van der Waals surface area contributed by atoms with Crippen LogP contribution in [0.4, 0.5) is 11.4 Å². The summed E-state index contributed by atoms with van der Waals surface area (Å²) in [7, 11) is 1.79. The number of amides is 1. The van der Waals surface area contributed by atoms with Gasteiger partial charge in [0.1, 0.15) is 0 Å². The monoisotopic (exact) mass is 553 g/mol. The van der Waals surface area contributed by atoms with E-state index in [4.69, 9.17) is 9.73 Å². The molecular weight excluding hydrogens is 518 g/mol. The summed E-state index contributed by atoms with van der Waals surface area (Å²) in [6.45, 7) is 6.64. The molecule has 4 aromatic rings. The van der Waals surface area contributed by atoms with Crippen molar-refractivity contribution in [1.29, 1.82) is 0 Å². The number of benzene rings is 3.